The van der Waals surface area contributed by atoms with Crippen LogP contribution in [0.2, 0.25) is 0 Å². The Balaban J connectivity index is 1.30. The summed E-state index contributed by atoms with van der Waals surface area (Å²) in [7, 11) is 1.61. The van der Waals surface area contributed by atoms with Crippen molar-refractivity contribution in [1.29, 1.82) is 0 Å². The number of hydrogen-bond acceptors (Lipinski definition) is 4. The first-order chi connectivity index (χ1) is 15.1. The number of methoxy groups -OCH3 is 1. The van der Waals surface area contributed by atoms with E-state index in [1.54, 1.807) is 37.4 Å². The van der Waals surface area contributed by atoms with Gasteiger partial charge in [-0.3, -0.25) is 9.69 Å². The largest absolute Gasteiger partial charge is 0.497 e. The molecule has 1 N–H and O–H groups in total. The zero-order valence-corrected chi connectivity index (χ0v) is 17.9. The van der Waals surface area contributed by atoms with Crippen molar-refractivity contribution in [1.82, 2.24) is 10.2 Å². The van der Waals surface area contributed by atoms with Crippen LogP contribution in [0.25, 0.3) is 6.08 Å². The van der Waals surface area contributed by atoms with Crippen LogP contribution in [0.3, 0.4) is 0 Å². The van der Waals surface area contributed by atoms with Crippen molar-refractivity contribution < 1.29 is 18.7 Å². The van der Waals surface area contributed by atoms with Crippen LogP contribution < -0.4 is 14.8 Å². The first-order valence-corrected chi connectivity index (χ1v) is 10.9. The van der Waals surface area contributed by atoms with E-state index in [-0.39, 0.29) is 17.8 Å². The Hall–Kier alpha value is -2.86. The predicted molar refractivity (Wildman–Crippen MR) is 119 cm³/mol. The normalized spacial score (nSPS) is 17.6. The van der Waals surface area contributed by atoms with Gasteiger partial charge in [-0.25, -0.2) is 4.39 Å². The van der Waals surface area contributed by atoms with Gasteiger partial charge in [-0.15, -0.1) is 0 Å². The Kier molecular flexibility index (Phi) is 6.87. The third-order valence-electron chi connectivity index (χ3n) is 5.72. The molecule has 164 valence electrons. The van der Waals surface area contributed by atoms with Gasteiger partial charge in [-0.05, 0) is 55.5 Å². The number of rotatable bonds is 8. The Labute approximate surface area is 182 Å². The number of nitrogens with zero attached hydrogens (tertiary/aromatic N) is 1. The summed E-state index contributed by atoms with van der Waals surface area (Å²) >= 11 is 0. The zero-order valence-electron chi connectivity index (χ0n) is 17.9. The van der Waals surface area contributed by atoms with Crippen molar-refractivity contribution in [2.24, 2.45) is 0 Å². The molecule has 2 aromatic carbocycles. The van der Waals surface area contributed by atoms with Gasteiger partial charge < -0.3 is 14.8 Å². The Morgan fingerprint density at radius 3 is 2.55 bits per heavy atom. The van der Waals surface area contributed by atoms with Crippen molar-refractivity contribution in [2.75, 3.05) is 26.7 Å². The van der Waals surface area contributed by atoms with Gasteiger partial charge in [0.25, 0.3) is 5.91 Å². The molecular formula is C25H29FN2O3. The summed E-state index contributed by atoms with van der Waals surface area (Å²) in [5, 5.41) is 3.04. The average molecular weight is 425 g/mol. The van der Waals surface area contributed by atoms with Crippen molar-refractivity contribution in [3.8, 4) is 11.5 Å². The molecule has 0 unspecified atom stereocenters. The maximum atomic E-state index is 13.0. The van der Waals surface area contributed by atoms with Crippen LogP contribution in [0.4, 0.5) is 4.39 Å². The van der Waals surface area contributed by atoms with Gasteiger partial charge >= 0.3 is 0 Å². The van der Waals surface area contributed by atoms with Gasteiger partial charge in [0.05, 0.1) is 12.7 Å². The van der Waals surface area contributed by atoms with Crippen molar-refractivity contribution in [3.63, 3.8) is 0 Å². The van der Waals surface area contributed by atoms with E-state index >= 15 is 0 Å². The van der Waals surface area contributed by atoms with Crippen LogP contribution in [-0.2, 0) is 0 Å². The third-order valence-corrected chi connectivity index (χ3v) is 5.72. The first kappa shape index (κ1) is 21.4. The second-order valence-corrected chi connectivity index (χ2v) is 8.18. The Morgan fingerprint density at radius 2 is 1.87 bits per heavy atom. The summed E-state index contributed by atoms with van der Waals surface area (Å²) in [6, 6.07) is 12.2. The molecule has 1 aliphatic heterocycles. The van der Waals surface area contributed by atoms with E-state index in [0.29, 0.717) is 23.1 Å². The number of carbonyl (C=O) groups excluding carboxylic acids is 1. The monoisotopic (exact) mass is 424 g/mol. The summed E-state index contributed by atoms with van der Waals surface area (Å²) in [4.78, 5) is 15.0. The molecule has 5 nitrogen and oxygen atoms in total. The molecule has 1 heterocycles. The number of hydrogen-bond donors (Lipinski definition) is 1. The van der Waals surface area contributed by atoms with Crippen LogP contribution in [0.5, 0.6) is 11.5 Å². The Morgan fingerprint density at radius 1 is 1.13 bits per heavy atom. The number of benzene rings is 2. The molecule has 0 atom stereocenters. The summed E-state index contributed by atoms with van der Waals surface area (Å²) in [5.41, 5.74) is 1.56. The molecule has 1 saturated heterocycles. The highest BCUT2D eigenvalue weighted by Crippen LogP contribution is 2.29. The lowest BCUT2D eigenvalue weighted by Gasteiger charge is -2.31. The van der Waals surface area contributed by atoms with Crippen LogP contribution in [0.1, 0.15) is 41.6 Å². The molecule has 1 aliphatic carbocycles. The minimum absolute atomic E-state index is 0.0666. The van der Waals surface area contributed by atoms with Crippen LogP contribution >= 0.6 is 0 Å². The fourth-order valence-electron chi connectivity index (χ4n) is 3.71. The topological polar surface area (TPSA) is 50.8 Å². The minimum atomic E-state index is -0.219. The molecule has 0 aromatic heterocycles. The maximum Gasteiger partial charge on any atom is 0.255 e. The predicted octanol–water partition coefficient (Wildman–Crippen LogP) is 4.28. The molecule has 0 radical (unpaired) electrons. The summed E-state index contributed by atoms with van der Waals surface area (Å²) in [6.45, 7) is 2.69. The lowest BCUT2D eigenvalue weighted by molar-refractivity contribution is 0.0916. The molecule has 2 aromatic rings. The van der Waals surface area contributed by atoms with Gasteiger partial charge in [0, 0.05) is 31.7 Å². The van der Waals surface area contributed by atoms with E-state index in [0.717, 1.165) is 50.9 Å². The number of piperidine rings is 1. The molecule has 6 heteroatoms. The third kappa shape index (κ3) is 6.07. The maximum absolute atomic E-state index is 13.0. The van der Waals surface area contributed by atoms with Crippen LogP contribution in [0, 0.1) is 5.82 Å². The molecule has 0 spiro atoms. The van der Waals surface area contributed by atoms with Crippen molar-refractivity contribution in [2.45, 2.75) is 37.8 Å². The smallest absolute Gasteiger partial charge is 0.255 e. The van der Waals surface area contributed by atoms with E-state index in [9.17, 15) is 9.18 Å². The van der Waals surface area contributed by atoms with Gasteiger partial charge in [-0.2, -0.15) is 0 Å². The van der Waals surface area contributed by atoms with E-state index < -0.39 is 0 Å². The molecule has 1 saturated carbocycles. The zero-order chi connectivity index (χ0) is 21.6. The highest BCUT2D eigenvalue weighted by molar-refractivity contribution is 5.97. The molecule has 1 amide bonds. The molecule has 4 rings (SSSR count). The SMILES string of the molecule is COc1ccc(C(=O)NC2CC2)c(OC2CCN(C/C=C/c3ccc(F)cc3)CC2)c1. The molecule has 0 bridgehead atoms. The molecule has 2 fully saturated rings. The van der Waals surface area contributed by atoms with Crippen LogP contribution in [-0.4, -0.2) is 49.7 Å². The lowest BCUT2D eigenvalue weighted by Crippen LogP contribution is -2.38. The molecular weight excluding hydrogens is 395 g/mol. The van der Waals surface area contributed by atoms with E-state index in [1.807, 2.05) is 6.08 Å². The van der Waals surface area contributed by atoms with Crippen molar-refractivity contribution >= 4 is 12.0 Å². The van der Waals surface area contributed by atoms with E-state index in [1.165, 1.54) is 12.1 Å². The van der Waals surface area contributed by atoms with E-state index in [2.05, 4.69) is 16.3 Å². The molecule has 2 aliphatic rings. The highest BCUT2D eigenvalue weighted by atomic mass is 19.1. The van der Waals surface area contributed by atoms with Gasteiger partial charge in [0.15, 0.2) is 0 Å². The number of amides is 1. The average Bonchev–Trinajstić information content (AvgIpc) is 3.60. The quantitative estimate of drug-likeness (QED) is 0.687. The summed E-state index contributed by atoms with van der Waals surface area (Å²) < 4.78 is 24.6. The number of carbonyl (C=O) groups is 1. The standard InChI is InChI=1S/C25H29FN2O3/c1-30-22-10-11-23(25(29)27-20-8-9-20)24(17-22)31-21-12-15-28(16-13-21)14-2-3-18-4-6-19(26)7-5-18/h2-7,10-11,17,20-21H,8-9,12-16H2,1H3,(H,27,29)/b3-2+. The van der Waals surface area contributed by atoms with Gasteiger partial charge in [0.2, 0.25) is 0 Å². The first-order valence-electron chi connectivity index (χ1n) is 10.9. The highest BCUT2D eigenvalue weighted by Gasteiger charge is 2.27. The second kappa shape index (κ2) is 9.96. The number of halogens is 1. The minimum Gasteiger partial charge on any atom is -0.497 e. The molecule has 31 heavy (non-hydrogen) atoms. The van der Waals surface area contributed by atoms with Crippen LogP contribution in [0.15, 0.2) is 48.5 Å². The number of ether oxygens (including phenoxy) is 2. The fourth-order valence-corrected chi connectivity index (χ4v) is 3.71. The van der Waals surface area contributed by atoms with Crippen molar-refractivity contribution in [3.05, 3.63) is 65.5 Å². The summed E-state index contributed by atoms with van der Waals surface area (Å²) in [5.74, 6) is 0.973. The number of likely N-dealkylation sites (tertiary alicyclic amines) is 1. The lowest BCUT2D eigenvalue weighted by atomic mass is 10.1. The second-order valence-electron chi connectivity index (χ2n) is 8.18. The summed E-state index contributed by atoms with van der Waals surface area (Å²) in [6.07, 6.45) is 8.08. The van der Waals surface area contributed by atoms with Gasteiger partial charge in [0.1, 0.15) is 23.4 Å². The van der Waals surface area contributed by atoms with Gasteiger partial charge in [-0.1, -0.05) is 24.3 Å². The van der Waals surface area contributed by atoms with E-state index in [4.69, 9.17) is 9.47 Å². The number of nitrogens with one attached hydrogen (secondary N) is 1. The fraction of sp³-hybridized carbons (Fsp3) is 0.400. The Bertz CT molecular complexity index is 917.